The molecule has 2 aliphatic carbocycles. The Morgan fingerprint density at radius 1 is 0.821 bits per heavy atom. The van der Waals surface area contributed by atoms with E-state index in [1.54, 1.807) is 0 Å². The van der Waals surface area contributed by atoms with Crippen molar-refractivity contribution in [2.45, 2.75) is 65.0 Å². The van der Waals surface area contributed by atoms with Crippen LogP contribution in [-0.4, -0.2) is 38.7 Å². The highest BCUT2D eigenvalue weighted by Crippen LogP contribution is 2.38. The highest BCUT2D eigenvalue weighted by molar-refractivity contribution is 5.52. The number of halogens is 6. The number of alkyl halides is 6. The second-order valence-electron chi connectivity index (χ2n) is 10.6. The molecule has 0 spiro atoms. The van der Waals surface area contributed by atoms with Crippen LogP contribution in [0, 0.1) is 25.7 Å². The van der Waals surface area contributed by atoms with Crippen LogP contribution in [0.2, 0.25) is 0 Å². The van der Waals surface area contributed by atoms with E-state index in [0.29, 0.717) is 11.8 Å². The van der Waals surface area contributed by atoms with Crippen molar-refractivity contribution in [1.29, 1.82) is 0 Å². The van der Waals surface area contributed by atoms with Crippen molar-refractivity contribution < 1.29 is 26.3 Å². The van der Waals surface area contributed by atoms with E-state index in [-0.39, 0.29) is 30.7 Å². The molecule has 0 radical (unpaired) electrons. The van der Waals surface area contributed by atoms with Crippen LogP contribution >= 0.6 is 0 Å². The molecule has 2 aliphatic rings. The number of anilines is 2. The van der Waals surface area contributed by atoms with Gasteiger partial charge in [-0.2, -0.15) is 31.6 Å². The topological polar surface area (TPSA) is 73.8 Å². The number of nitrogens with zero attached hydrogens (tertiary/aromatic N) is 6. The molecule has 1 N–H and O–H groups in total. The monoisotopic (exact) mass is 553 g/mol. The molecular formula is C26H29F6N7. The zero-order valence-electron chi connectivity index (χ0n) is 21.6. The van der Waals surface area contributed by atoms with Crippen molar-refractivity contribution in [3.63, 3.8) is 0 Å². The summed E-state index contributed by atoms with van der Waals surface area (Å²) in [5, 5.41) is 13.8. The van der Waals surface area contributed by atoms with Gasteiger partial charge in [0.15, 0.2) is 0 Å². The molecule has 5 rings (SSSR count). The Morgan fingerprint density at radius 2 is 1.41 bits per heavy atom. The van der Waals surface area contributed by atoms with Gasteiger partial charge in [0.2, 0.25) is 0 Å². The number of pyridine rings is 1. The van der Waals surface area contributed by atoms with Crippen LogP contribution in [0.5, 0.6) is 0 Å². The van der Waals surface area contributed by atoms with Gasteiger partial charge < -0.3 is 9.80 Å². The lowest BCUT2D eigenvalue weighted by Gasteiger charge is -2.29. The molecule has 0 aliphatic heterocycles. The van der Waals surface area contributed by atoms with Crippen LogP contribution in [0.15, 0.2) is 24.3 Å². The van der Waals surface area contributed by atoms with E-state index in [2.05, 4.69) is 25.5 Å². The van der Waals surface area contributed by atoms with Gasteiger partial charge in [0.1, 0.15) is 5.82 Å². The minimum atomic E-state index is -4.94. The lowest BCUT2D eigenvalue weighted by molar-refractivity contribution is -0.143. The first kappa shape index (κ1) is 27.2. The summed E-state index contributed by atoms with van der Waals surface area (Å²) in [7, 11) is 0. The zero-order valence-corrected chi connectivity index (χ0v) is 21.6. The Morgan fingerprint density at radius 3 is 1.90 bits per heavy atom. The van der Waals surface area contributed by atoms with E-state index < -0.39 is 23.5 Å². The largest absolute Gasteiger partial charge is 0.416 e. The Bertz CT molecular complexity index is 1250. The van der Waals surface area contributed by atoms with E-state index in [9.17, 15) is 26.3 Å². The number of H-pyrrole nitrogens is 1. The molecule has 13 heteroatoms. The van der Waals surface area contributed by atoms with Gasteiger partial charge in [-0.05, 0) is 92.0 Å². The van der Waals surface area contributed by atoms with E-state index in [1.807, 2.05) is 19.9 Å². The molecular weight excluding hydrogens is 524 g/mol. The second-order valence-corrected chi connectivity index (χ2v) is 10.6. The fourth-order valence-corrected chi connectivity index (χ4v) is 4.64. The van der Waals surface area contributed by atoms with Gasteiger partial charge in [-0.15, -0.1) is 5.10 Å². The molecule has 2 aromatic heterocycles. The van der Waals surface area contributed by atoms with Crippen LogP contribution in [0.3, 0.4) is 0 Å². The number of hydrogen-bond donors (Lipinski definition) is 1. The summed E-state index contributed by atoms with van der Waals surface area (Å²) in [6.45, 7) is 5.39. The summed E-state index contributed by atoms with van der Waals surface area (Å²) in [6, 6.07) is 3.56. The van der Waals surface area contributed by atoms with Gasteiger partial charge in [-0.1, -0.05) is 5.10 Å². The average molecular weight is 554 g/mol. The van der Waals surface area contributed by atoms with Crippen LogP contribution in [0.1, 0.15) is 59.2 Å². The van der Waals surface area contributed by atoms with Crippen molar-refractivity contribution >= 4 is 11.8 Å². The standard InChI is InChI=1S/C26H29F6N7/c1-15-7-20(23(33-16(15)2)38(11-17-3-4-17)12-18-5-6-18)14-39(24-34-36-37-35-24)13-19-8-21(25(27,28)29)10-22(9-19)26(30,31)32/h7-10,17-18H,3-6,11-14H2,1-2H3,(H,34,35,36,37). The quantitative estimate of drug-likeness (QED) is 0.307. The summed E-state index contributed by atoms with van der Waals surface area (Å²) >= 11 is 0. The number of aryl methyl sites for hydroxylation is 2. The van der Waals surface area contributed by atoms with Crippen molar-refractivity contribution in [2.75, 3.05) is 22.9 Å². The molecule has 0 amide bonds. The Balaban J connectivity index is 1.52. The Hall–Kier alpha value is -3.38. The number of benzene rings is 1. The fourth-order valence-electron chi connectivity index (χ4n) is 4.64. The van der Waals surface area contributed by atoms with Gasteiger partial charge in [0, 0.05) is 37.4 Å². The highest BCUT2D eigenvalue weighted by atomic mass is 19.4. The SMILES string of the molecule is Cc1cc(CN(Cc2cc(C(F)(F)F)cc(C(F)(F)F)c2)c2nn[nH]n2)c(N(CC2CC2)CC2CC2)nc1C. The second kappa shape index (κ2) is 10.3. The number of tetrazole rings is 1. The lowest BCUT2D eigenvalue weighted by atomic mass is 10.0. The maximum absolute atomic E-state index is 13.5. The summed E-state index contributed by atoms with van der Waals surface area (Å²) < 4.78 is 81.0. The van der Waals surface area contributed by atoms with Crippen molar-refractivity contribution in [3.05, 3.63) is 57.8 Å². The zero-order chi connectivity index (χ0) is 27.9. The summed E-state index contributed by atoms with van der Waals surface area (Å²) in [5.41, 5.74) is -0.314. The van der Waals surface area contributed by atoms with Gasteiger partial charge in [0.05, 0.1) is 11.1 Å². The number of aromatic amines is 1. The number of nitrogens with one attached hydrogen (secondary N) is 1. The molecule has 3 aromatic rings. The van der Waals surface area contributed by atoms with Crippen molar-refractivity contribution in [2.24, 2.45) is 11.8 Å². The minimum absolute atomic E-state index is 0.0566. The van der Waals surface area contributed by atoms with E-state index >= 15 is 0 Å². The third kappa shape index (κ3) is 6.80. The molecule has 0 atom stereocenters. The molecule has 2 saturated carbocycles. The van der Waals surface area contributed by atoms with Crippen molar-refractivity contribution in [3.8, 4) is 0 Å². The van der Waals surface area contributed by atoms with Gasteiger partial charge in [-0.3, -0.25) is 0 Å². The molecule has 210 valence electrons. The van der Waals surface area contributed by atoms with Crippen LogP contribution < -0.4 is 9.80 Å². The first-order valence-corrected chi connectivity index (χ1v) is 12.9. The minimum Gasteiger partial charge on any atom is -0.356 e. The van der Waals surface area contributed by atoms with Gasteiger partial charge >= 0.3 is 12.4 Å². The molecule has 39 heavy (non-hydrogen) atoms. The first-order valence-electron chi connectivity index (χ1n) is 12.9. The lowest BCUT2D eigenvalue weighted by Crippen LogP contribution is -2.32. The summed E-state index contributed by atoms with van der Waals surface area (Å²) in [6.07, 6.45) is -5.24. The fraction of sp³-hybridized carbons (Fsp3) is 0.538. The highest BCUT2D eigenvalue weighted by Gasteiger charge is 2.37. The molecule has 7 nitrogen and oxygen atoms in total. The maximum Gasteiger partial charge on any atom is 0.416 e. The third-order valence-corrected chi connectivity index (χ3v) is 7.17. The molecule has 2 fully saturated rings. The normalized spacial score (nSPS) is 16.0. The molecule has 0 bridgehead atoms. The summed E-state index contributed by atoms with van der Waals surface area (Å²) in [5.74, 6) is 2.03. The van der Waals surface area contributed by atoms with E-state index in [1.165, 1.54) is 4.90 Å². The maximum atomic E-state index is 13.5. The first-order chi connectivity index (χ1) is 18.4. The summed E-state index contributed by atoms with van der Waals surface area (Å²) in [4.78, 5) is 8.71. The molecule has 0 unspecified atom stereocenters. The van der Waals surface area contributed by atoms with E-state index in [4.69, 9.17) is 4.98 Å². The van der Waals surface area contributed by atoms with Gasteiger partial charge in [0.25, 0.3) is 5.95 Å². The number of hydrogen-bond acceptors (Lipinski definition) is 6. The predicted molar refractivity (Wildman–Crippen MR) is 132 cm³/mol. The van der Waals surface area contributed by atoms with Crippen molar-refractivity contribution in [1.82, 2.24) is 25.6 Å². The number of aromatic nitrogens is 5. The van der Waals surface area contributed by atoms with Crippen LogP contribution in [0.4, 0.5) is 38.1 Å². The third-order valence-electron chi connectivity index (χ3n) is 7.17. The Kier molecular flexibility index (Phi) is 7.19. The molecule has 2 heterocycles. The van der Waals surface area contributed by atoms with Gasteiger partial charge in [-0.25, -0.2) is 4.98 Å². The number of rotatable bonds is 10. The van der Waals surface area contributed by atoms with E-state index in [0.717, 1.165) is 73.5 Å². The molecule has 1 aromatic carbocycles. The predicted octanol–water partition coefficient (Wildman–Crippen LogP) is 6.08. The molecule has 0 saturated heterocycles. The van der Waals surface area contributed by atoms with Crippen LogP contribution in [0.25, 0.3) is 0 Å². The average Bonchev–Trinajstić information content (AvgIpc) is 3.79. The van der Waals surface area contributed by atoms with Crippen LogP contribution in [-0.2, 0) is 25.4 Å². The Labute approximate surface area is 221 Å². The smallest absolute Gasteiger partial charge is 0.356 e.